The second-order valence-corrected chi connectivity index (χ2v) is 6.83. The molecule has 2 aliphatic rings. The predicted molar refractivity (Wildman–Crippen MR) is 89.6 cm³/mol. The Hall–Kier alpha value is -1.63. The van der Waals surface area contributed by atoms with Gasteiger partial charge < -0.3 is 19.7 Å². The summed E-state index contributed by atoms with van der Waals surface area (Å²) >= 11 is 0. The Morgan fingerprint density at radius 2 is 1.12 bits per heavy atom. The van der Waals surface area contributed by atoms with Gasteiger partial charge in [0.05, 0.1) is 32.0 Å². The molecule has 7 nitrogen and oxygen atoms in total. The second-order valence-electron chi connectivity index (χ2n) is 6.83. The molecule has 0 aromatic carbocycles. The van der Waals surface area contributed by atoms with Crippen LogP contribution in [0.1, 0.15) is 51.4 Å². The largest absolute Gasteiger partial charge is 0.481 e. The normalized spacial score (nSPS) is 28.9. The predicted octanol–water partition coefficient (Wildman–Crippen LogP) is 2.01. The minimum absolute atomic E-state index is 0.0813. The topological polar surface area (TPSA) is 110 Å². The number of ether oxygens (including phenoxy) is 2. The zero-order valence-corrected chi connectivity index (χ0v) is 15.1. The third-order valence-corrected chi connectivity index (χ3v) is 5.25. The Kier molecular flexibility index (Phi) is 9.49. The fraction of sp³-hybridized carbons (Fsp3) is 0.833. The van der Waals surface area contributed by atoms with E-state index in [-0.39, 0.29) is 36.3 Å². The van der Waals surface area contributed by atoms with Crippen molar-refractivity contribution in [3.05, 3.63) is 0 Å². The van der Waals surface area contributed by atoms with Gasteiger partial charge in [0.2, 0.25) is 0 Å². The lowest BCUT2D eigenvalue weighted by Gasteiger charge is -2.25. The molecule has 2 rings (SSSR count). The van der Waals surface area contributed by atoms with Crippen LogP contribution >= 0.6 is 0 Å². The Morgan fingerprint density at radius 1 is 0.760 bits per heavy atom. The lowest BCUT2D eigenvalue weighted by molar-refractivity contribution is -0.150. The van der Waals surface area contributed by atoms with E-state index < -0.39 is 5.97 Å². The maximum Gasteiger partial charge on any atom is 0.308 e. The van der Waals surface area contributed by atoms with Gasteiger partial charge in [0.1, 0.15) is 0 Å². The number of hydrogen-bond donors (Lipinski definition) is 2. The third kappa shape index (κ3) is 7.02. The Bertz CT molecular complexity index is 433. The summed E-state index contributed by atoms with van der Waals surface area (Å²) in [5, 5.41) is 17.6. The summed E-state index contributed by atoms with van der Waals surface area (Å²) in [5.41, 5.74) is 0. The number of carboxylic acids is 1. The number of carbonyl (C=O) groups excluding carboxylic acids is 2. The zero-order chi connectivity index (χ0) is 18.8. The minimum Gasteiger partial charge on any atom is -0.481 e. The first kappa shape index (κ1) is 21.4. The van der Waals surface area contributed by atoms with Crippen molar-refractivity contribution >= 4 is 17.9 Å². The summed E-state index contributed by atoms with van der Waals surface area (Å²) in [6, 6.07) is 0. The van der Waals surface area contributed by atoms with Crippen molar-refractivity contribution in [3.8, 4) is 0 Å². The van der Waals surface area contributed by atoms with Crippen molar-refractivity contribution in [1.29, 1.82) is 0 Å². The highest BCUT2D eigenvalue weighted by Crippen LogP contribution is 2.30. The summed E-state index contributed by atoms with van der Waals surface area (Å²) < 4.78 is 9.26. The van der Waals surface area contributed by atoms with E-state index in [2.05, 4.69) is 9.47 Å². The molecule has 0 aromatic rings. The van der Waals surface area contributed by atoms with Gasteiger partial charge in [0.25, 0.3) is 0 Å². The number of carboxylic acid groups (broad SMARTS) is 1. The van der Waals surface area contributed by atoms with E-state index in [1.165, 1.54) is 14.2 Å². The van der Waals surface area contributed by atoms with Gasteiger partial charge in [-0.05, 0) is 57.3 Å². The van der Waals surface area contributed by atoms with Gasteiger partial charge in [0.15, 0.2) is 0 Å². The molecule has 0 bridgehead atoms. The third-order valence-electron chi connectivity index (χ3n) is 5.25. The Morgan fingerprint density at radius 3 is 1.44 bits per heavy atom. The van der Waals surface area contributed by atoms with Crippen LogP contribution in [0.2, 0.25) is 0 Å². The average molecular weight is 358 g/mol. The molecule has 0 heterocycles. The van der Waals surface area contributed by atoms with E-state index in [4.69, 9.17) is 10.2 Å². The summed E-state index contributed by atoms with van der Waals surface area (Å²) in [6.45, 7) is 0.258. The molecule has 2 aliphatic carbocycles. The standard InChI is InChI=1S/C9H14O4.C9H16O3/c1-13-9(12)7-4-2-6(3-5-7)8(10)11;1-12-9(11)8-4-2-7(6-10)3-5-8/h6-7H,2-5H2,1H3,(H,10,11);7-8,10H,2-6H2,1H3. The highest BCUT2D eigenvalue weighted by molar-refractivity contribution is 5.74. The van der Waals surface area contributed by atoms with E-state index in [0.717, 1.165) is 25.7 Å². The van der Waals surface area contributed by atoms with E-state index >= 15 is 0 Å². The Labute approximate surface area is 148 Å². The molecule has 2 fully saturated rings. The van der Waals surface area contributed by atoms with Crippen LogP contribution in [-0.2, 0) is 23.9 Å². The van der Waals surface area contributed by atoms with Crippen LogP contribution in [0.4, 0.5) is 0 Å². The SMILES string of the molecule is COC(=O)C1CCC(C(=O)O)CC1.COC(=O)C1CCC(CO)CC1. The van der Waals surface area contributed by atoms with E-state index in [9.17, 15) is 14.4 Å². The fourth-order valence-electron chi connectivity index (χ4n) is 3.49. The molecule has 144 valence electrons. The summed E-state index contributed by atoms with van der Waals surface area (Å²) in [6.07, 6.45) is 6.12. The number of aliphatic carboxylic acids is 1. The van der Waals surface area contributed by atoms with Crippen molar-refractivity contribution < 1.29 is 34.1 Å². The first-order chi connectivity index (χ1) is 11.9. The second kappa shape index (κ2) is 11.1. The van der Waals surface area contributed by atoms with Crippen molar-refractivity contribution in [2.75, 3.05) is 20.8 Å². The molecule has 0 aliphatic heterocycles. The quantitative estimate of drug-likeness (QED) is 0.740. The smallest absolute Gasteiger partial charge is 0.308 e. The van der Waals surface area contributed by atoms with Crippen LogP contribution in [-0.4, -0.2) is 48.9 Å². The van der Waals surface area contributed by atoms with Gasteiger partial charge in [0, 0.05) is 6.61 Å². The van der Waals surface area contributed by atoms with E-state index in [1.807, 2.05) is 0 Å². The molecule has 7 heteroatoms. The Balaban J connectivity index is 0.000000251. The van der Waals surface area contributed by atoms with Gasteiger partial charge in [-0.15, -0.1) is 0 Å². The lowest BCUT2D eigenvalue weighted by atomic mass is 9.82. The number of methoxy groups -OCH3 is 2. The van der Waals surface area contributed by atoms with Gasteiger partial charge in [-0.25, -0.2) is 0 Å². The van der Waals surface area contributed by atoms with Crippen LogP contribution in [0.5, 0.6) is 0 Å². The first-order valence-electron chi connectivity index (χ1n) is 8.92. The number of hydrogen-bond acceptors (Lipinski definition) is 6. The number of aliphatic hydroxyl groups is 1. The molecule has 0 radical (unpaired) electrons. The molecular formula is C18H30O7. The molecule has 0 unspecified atom stereocenters. The van der Waals surface area contributed by atoms with Crippen LogP contribution < -0.4 is 0 Å². The minimum atomic E-state index is -0.747. The molecular weight excluding hydrogens is 328 g/mol. The van der Waals surface area contributed by atoms with Crippen molar-refractivity contribution in [2.24, 2.45) is 23.7 Å². The first-order valence-corrected chi connectivity index (χ1v) is 8.92. The lowest BCUT2D eigenvalue weighted by Crippen LogP contribution is -2.26. The summed E-state index contributed by atoms with van der Waals surface area (Å²) in [7, 11) is 2.80. The van der Waals surface area contributed by atoms with Gasteiger partial charge in [-0.1, -0.05) is 0 Å². The fourth-order valence-corrected chi connectivity index (χ4v) is 3.49. The van der Waals surface area contributed by atoms with E-state index in [0.29, 0.717) is 31.6 Å². The maximum atomic E-state index is 11.1. The van der Waals surface area contributed by atoms with E-state index in [1.54, 1.807) is 0 Å². The van der Waals surface area contributed by atoms with Crippen molar-refractivity contribution in [3.63, 3.8) is 0 Å². The monoisotopic (exact) mass is 358 g/mol. The molecule has 0 amide bonds. The van der Waals surface area contributed by atoms with Gasteiger partial charge >= 0.3 is 17.9 Å². The van der Waals surface area contributed by atoms with Crippen LogP contribution in [0.15, 0.2) is 0 Å². The number of carbonyl (C=O) groups is 3. The van der Waals surface area contributed by atoms with Gasteiger partial charge in [-0.2, -0.15) is 0 Å². The number of aliphatic hydroxyl groups excluding tert-OH is 1. The molecule has 0 saturated heterocycles. The highest BCUT2D eigenvalue weighted by Gasteiger charge is 2.30. The van der Waals surface area contributed by atoms with Crippen molar-refractivity contribution in [2.45, 2.75) is 51.4 Å². The molecule has 0 spiro atoms. The van der Waals surface area contributed by atoms with Crippen LogP contribution in [0, 0.1) is 23.7 Å². The number of esters is 2. The molecule has 2 N–H and O–H groups in total. The summed E-state index contributed by atoms with van der Waals surface area (Å²) in [4.78, 5) is 32.7. The molecule has 0 atom stereocenters. The summed E-state index contributed by atoms with van der Waals surface area (Å²) in [5.74, 6) is -0.899. The molecule has 25 heavy (non-hydrogen) atoms. The number of rotatable bonds is 4. The van der Waals surface area contributed by atoms with Crippen LogP contribution in [0.25, 0.3) is 0 Å². The highest BCUT2D eigenvalue weighted by atomic mass is 16.5. The van der Waals surface area contributed by atoms with Gasteiger partial charge in [-0.3, -0.25) is 14.4 Å². The van der Waals surface area contributed by atoms with Crippen LogP contribution in [0.3, 0.4) is 0 Å². The maximum absolute atomic E-state index is 11.1. The molecule has 2 saturated carbocycles. The molecule has 0 aromatic heterocycles. The van der Waals surface area contributed by atoms with Crippen molar-refractivity contribution in [1.82, 2.24) is 0 Å². The average Bonchev–Trinajstić information content (AvgIpc) is 2.67. The zero-order valence-electron chi connectivity index (χ0n) is 15.1.